The van der Waals surface area contributed by atoms with Crippen molar-refractivity contribution in [1.82, 2.24) is 10.2 Å². The van der Waals surface area contributed by atoms with Crippen LogP contribution in [0, 0.1) is 5.82 Å². The van der Waals surface area contributed by atoms with Gasteiger partial charge in [-0.2, -0.15) is 0 Å². The largest absolute Gasteiger partial charge is 0.349 e. The van der Waals surface area contributed by atoms with Gasteiger partial charge in [0, 0.05) is 29.7 Å². The molecule has 1 N–H and O–H groups in total. The highest BCUT2D eigenvalue weighted by molar-refractivity contribution is 6.35. The Hall–Kier alpha value is -2.11. The second-order valence-corrected chi connectivity index (χ2v) is 7.02. The highest BCUT2D eigenvalue weighted by Gasteiger charge is 2.25. The lowest BCUT2D eigenvalue weighted by atomic mass is 10.0. The van der Waals surface area contributed by atoms with E-state index in [1.165, 1.54) is 24.3 Å². The number of hydrogen-bond donors (Lipinski definition) is 1. The summed E-state index contributed by atoms with van der Waals surface area (Å²) in [5.74, 6) is -0.920. The standard InChI is InChI=1S/C19H17Cl2FN2O2/c20-13-4-5-17(21)16(11-13)18(25)23-15-6-8-24(9-7-15)19(26)12-2-1-3-14(22)10-12/h1-5,10-11,15H,6-9H2,(H,23,25). The van der Waals surface area contributed by atoms with Crippen molar-refractivity contribution >= 4 is 35.0 Å². The van der Waals surface area contributed by atoms with Gasteiger partial charge in [0.15, 0.2) is 0 Å². The van der Waals surface area contributed by atoms with Crippen LogP contribution >= 0.6 is 23.2 Å². The van der Waals surface area contributed by atoms with E-state index in [0.717, 1.165) is 0 Å². The molecule has 1 aliphatic rings. The third-order valence-corrected chi connectivity index (χ3v) is 4.93. The van der Waals surface area contributed by atoms with E-state index in [2.05, 4.69) is 5.32 Å². The summed E-state index contributed by atoms with van der Waals surface area (Å²) in [5.41, 5.74) is 0.663. The molecule has 136 valence electrons. The van der Waals surface area contributed by atoms with Crippen LogP contribution in [0.15, 0.2) is 42.5 Å². The summed E-state index contributed by atoms with van der Waals surface area (Å²) in [6.45, 7) is 0.979. The molecule has 1 saturated heterocycles. The first-order valence-corrected chi connectivity index (χ1v) is 9.00. The summed E-state index contributed by atoms with van der Waals surface area (Å²) in [7, 11) is 0. The molecule has 1 aliphatic heterocycles. The van der Waals surface area contributed by atoms with Gasteiger partial charge in [-0.15, -0.1) is 0 Å². The number of benzene rings is 2. The molecule has 0 spiro atoms. The zero-order chi connectivity index (χ0) is 18.7. The molecule has 4 nitrogen and oxygen atoms in total. The van der Waals surface area contributed by atoms with E-state index in [1.54, 1.807) is 23.1 Å². The third kappa shape index (κ3) is 4.34. The van der Waals surface area contributed by atoms with Gasteiger partial charge in [-0.05, 0) is 49.2 Å². The monoisotopic (exact) mass is 394 g/mol. The summed E-state index contributed by atoms with van der Waals surface area (Å²) in [6, 6.07) is 10.3. The van der Waals surface area contributed by atoms with Crippen LogP contribution in [-0.2, 0) is 0 Å². The number of nitrogens with zero attached hydrogens (tertiary/aromatic N) is 1. The van der Waals surface area contributed by atoms with Gasteiger partial charge in [0.05, 0.1) is 10.6 Å². The van der Waals surface area contributed by atoms with Gasteiger partial charge in [0.2, 0.25) is 0 Å². The van der Waals surface area contributed by atoms with Crippen LogP contribution in [0.3, 0.4) is 0 Å². The predicted octanol–water partition coefficient (Wildman–Crippen LogP) is 4.17. The molecule has 2 aromatic rings. The van der Waals surface area contributed by atoms with E-state index in [4.69, 9.17) is 23.2 Å². The van der Waals surface area contributed by atoms with Crippen molar-refractivity contribution in [3.05, 3.63) is 69.5 Å². The molecule has 3 rings (SSSR count). The molecule has 2 aromatic carbocycles. The number of amides is 2. The molecule has 0 bridgehead atoms. The molecule has 7 heteroatoms. The van der Waals surface area contributed by atoms with Crippen molar-refractivity contribution in [2.45, 2.75) is 18.9 Å². The minimum atomic E-state index is -0.434. The molecule has 1 heterocycles. The second-order valence-electron chi connectivity index (χ2n) is 6.17. The van der Waals surface area contributed by atoms with Crippen molar-refractivity contribution in [2.24, 2.45) is 0 Å². The van der Waals surface area contributed by atoms with E-state index >= 15 is 0 Å². The summed E-state index contributed by atoms with van der Waals surface area (Å²) < 4.78 is 13.3. The molecule has 1 fully saturated rings. The lowest BCUT2D eigenvalue weighted by Crippen LogP contribution is -2.46. The highest BCUT2D eigenvalue weighted by atomic mass is 35.5. The van der Waals surface area contributed by atoms with E-state index in [1.807, 2.05) is 0 Å². The van der Waals surface area contributed by atoms with Gasteiger partial charge >= 0.3 is 0 Å². The Balaban J connectivity index is 1.57. The number of halogens is 3. The van der Waals surface area contributed by atoms with Gasteiger partial charge < -0.3 is 10.2 Å². The van der Waals surface area contributed by atoms with Crippen LogP contribution in [0.5, 0.6) is 0 Å². The Morgan fingerprint density at radius 3 is 2.50 bits per heavy atom. The SMILES string of the molecule is O=C(NC1CCN(C(=O)c2cccc(F)c2)CC1)c1cc(Cl)ccc1Cl. The van der Waals surface area contributed by atoms with Crippen molar-refractivity contribution in [3.63, 3.8) is 0 Å². The molecule has 0 aromatic heterocycles. The van der Waals surface area contributed by atoms with Crippen molar-refractivity contribution in [3.8, 4) is 0 Å². The number of hydrogen-bond acceptors (Lipinski definition) is 2. The fraction of sp³-hybridized carbons (Fsp3) is 0.263. The van der Waals surface area contributed by atoms with Crippen molar-refractivity contribution in [1.29, 1.82) is 0 Å². The van der Waals surface area contributed by atoms with Gasteiger partial charge in [0.25, 0.3) is 11.8 Å². The highest BCUT2D eigenvalue weighted by Crippen LogP contribution is 2.21. The Kier molecular flexibility index (Phi) is 5.79. The zero-order valence-corrected chi connectivity index (χ0v) is 15.4. The lowest BCUT2D eigenvalue weighted by Gasteiger charge is -2.32. The molecule has 0 radical (unpaired) electrons. The van der Waals surface area contributed by atoms with E-state index < -0.39 is 5.82 Å². The number of likely N-dealkylation sites (tertiary alicyclic amines) is 1. The summed E-state index contributed by atoms with van der Waals surface area (Å²) in [4.78, 5) is 26.5. The zero-order valence-electron chi connectivity index (χ0n) is 13.8. The molecule has 0 atom stereocenters. The Labute approximate surface area is 160 Å². The number of rotatable bonds is 3. The minimum absolute atomic E-state index is 0.0610. The van der Waals surface area contributed by atoms with Crippen LogP contribution in [-0.4, -0.2) is 35.8 Å². The Morgan fingerprint density at radius 2 is 1.81 bits per heavy atom. The molecule has 26 heavy (non-hydrogen) atoms. The molecular weight excluding hydrogens is 378 g/mol. The minimum Gasteiger partial charge on any atom is -0.349 e. The van der Waals surface area contributed by atoms with Gasteiger partial charge in [-0.3, -0.25) is 9.59 Å². The average molecular weight is 395 g/mol. The fourth-order valence-corrected chi connectivity index (χ4v) is 3.34. The lowest BCUT2D eigenvalue weighted by molar-refractivity contribution is 0.0697. The first kappa shape index (κ1) is 18.7. The van der Waals surface area contributed by atoms with Crippen molar-refractivity contribution in [2.75, 3.05) is 13.1 Å². The smallest absolute Gasteiger partial charge is 0.253 e. The maximum Gasteiger partial charge on any atom is 0.253 e. The van der Waals surface area contributed by atoms with E-state index in [0.29, 0.717) is 47.1 Å². The fourth-order valence-electron chi connectivity index (χ4n) is 2.97. The van der Waals surface area contributed by atoms with Crippen LogP contribution < -0.4 is 5.32 Å². The van der Waals surface area contributed by atoms with Crippen LogP contribution in [0.25, 0.3) is 0 Å². The summed E-state index contributed by atoms with van der Waals surface area (Å²) in [6.07, 6.45) is 1.23. The maximum atomic E-state index is 13.3. The summed E-state index contributed by atoms with van der Waals surface area (Å²) in [5, 5.41) is 3.71. The van der Waals surface area contributed by atoms with Gasteiger partial charge in [0.1, 0.15) is 5.82 Å². The van der Waals surface area contributed by atoms with Crippen LogP contribution in [0.1, 0.15) is 33.6 Å². The number of nitrogens with one attached hydrogen (secondary N) is 1. The van der Waals surface area contributed by atoms with E-state index in [-0.39, 0.29) is 17.9 Å². The maximum absolute atomic E-state index is 13.3. The number of carbonyl (C=O) groups is 2. The normalized spacial score (nSPS) is 15.0. The van der Waals surface area contributed by atoms with Crippen LogP contribution in [0.2, 0.25) is 10.0 Å². The Morgan fingerprint density at radius 1 is 1.08 bits per heavy atom. The molecule has 0 unspecified atom stereocenters. The van der Waals surface area contributed by atoms with Gasteiger partial charge in [-0.25, -0.2) is 4.39 Å². The van der Waals surface area contributed by atoms with Crippen LogP contribution in [0.4, 0.5) is 4.39 Å². The molecule has 2 amide bonds. The first-order valence-electron chi connectivity index (χ1n) is 8.25. The van der Waals surface area contributed by atoms with Crippen molar-refractivity contribution < 1.29 is 14.0 Å². The number of piperidine rings is 1. The molecular formula is C19H17Cl2FN2O2. The average Bonchev–Trinajstić information content (AvgIpc) is 2.63. The molecule has 0 aliphatic carbocycles. The van der Waals surface area contributed by atoms with Gasteiger partial charge in [-0.1, -0.05) is 29.3 Å². The Bertz CT molecular complexity index is 836. The quantitative estimate of drug-likeness (QED) is 0.848. The summed E-state index contributed by atoms with van der Waals surface area (Å²) >= 11 is 12.0. The topological polar surface area (TPSA) is 49.4 Å². The predicted molar refractivity (Wildman–Crippen MR) is 99.3 cm³/mol. The number of carbonyl (C=O) groups excluding carboxylic acids is 2. The van der Waals surface area contributed by atoms with E-state index in [9.17, 15) is 14.0 Å². The third-order valence-electron chi connectivity index (χ3n) is 4.36. The first-order chi connectivity index (χ1) is 12.4. The molecule has 0 saturated carbocycles. The second kappa shape index (κ2) is 8.06.